The Labute approximate surface area is 179 Å². The maximum absolute atomic E-state index is 15.5. The van der Waals surface area contributed by atoms with E-state index in [-0.39, 0.29) is 30.7 Å². The molecule has 0 radical (unpaired) electrons. The van der Waals surface area contributed by atoms with Crippen LogP contribution in [0, 0.1) is 17.1 Å². The van der Waals surface area contributed by atoms with Gasteiger partial charge in [-0.25, -0.2) is 14.4 Å². The molecule has 31 heavy (non-hydrogen) atoms. The minimum absolute atomic E-state index is 0.109. The summed E-state index contributed by atoms with van der Waals surface area (Å²) in [5.74, 6) is 0.187. The van der Waals surface area contributed by atoms with Crippen LogP contribution < -0.4 is 5.32 Å². The number of hydrogen-bond acceptors (Lipinski definition) is 5. The minimum atomic E-state index is -0.342. The van der Waals surface area contributed by atoms with Crippen molar-refractivity contribution in [2.24, 2.45) is 0 Å². The summed E-state index contributed by atoms with van der Waals surface area (Å²) in [6, 6.07) is 13.4. The Bertz CT molecular complexity index is 1200. The number of hydrogen-bond donors (Lipinski definition) is 1. The fourth-order valence-electron chi connectivity index (χ4n) is 3.84. The Balaban J connectivity index is 1.49. The number of carbonyl (C=O) groups is 1. The van der Waals surface area contributed by atoms with Crippen molar-refractivity contribution in [3.05, 3.63) is 54.1 Å². The molecule has 6 nitrogen and oxygen atoms in total. The third-order valence-electron chi connectivity index (χ3n) is 5.82. The van der Waals surface area contributed by atoms with Crippen molar-refractivity contribution in [2.75, 3.05) is 5.32 Å². The Morgan fingerprint density at radius 2 is 2.03 bits per heavy atom. The topological polar surface area (TPSA) is 81.9 Å². The zero-order valence-corrected chi connectivity index (χ0v) is 17.0. The molecule has 3 aromatic rings. The number of aromatic nitrogens is 2. The van der Waals surface area contributed by atoms with E-state index >= 15 is 4.39 Å². The second-order valence-electron chi connectivity index (χ2n) is 8.24. The number of benzene rings is 2. The standard InChI is InChI=1S/C24H22FN5O/c25-23-16(13-30(18-7-8-18)22(31)10-11-26)2-1-3-19(23)15-4-9-21-20(12-15)24(28-14-27-21)29-17-5-6-17/h1-4,9,12,14,17-18H,5-8,10,13H2,(H,27,28,29). The lowest BCUT2D eigenvalue weighted by molar-refractivity contribution is -0.131. The van der Waals surface area contributed by atoms with Gasteiger partial charge in [-0.3, -0.25) is 4.79 Å². The van der Waals surface area contributed by atoms with Crippen LogP contribution in [0.5, 0.6) is 0 Å². The smallest absolute Gasteiger partial charge is 0.237 e. The summed E-state index contributed by atoms with van der Waals surface area (Å²) in [5, 5.41) is 13.2. The number of amides is 1. The zero-order chi connectivity index (χ0) is 21.4. The van der Waals surface area contributed by atoms with E-state index in [4.69, 9.17) is 5.26 Å². The van der Waals surface area contributed by atoms with Gasteiger partial charge in [0.2, 0.25) is 5.91 Å². The molecule has 1 aromatic heterocycles. The van der Waals surface area contributed by atoms with Crippen LogP contribution in [0.15, 0.2) is 42.7 Å². The number of rotatable bonds is 7. The Kier molecular flexibility index (Phi) is 4.99. The second-order valence-corrected chi connectivity index (χ2v) is 8.24. The average molecular weight is 415 g/mol. The highest BCUT2D eigenvalue weighted by molar-refractivity contribution is 5.92. The van der Waals surface area contributed by atoms with E-state index in [9.17, 15) is 4.79 Å². The Morgan fingerprint density at radius 1 is 1.19 bits per heavy atom. The molecular formula is C24H22FN5O. The van der Waals surface area contributed by atoms with Gasteiger partial charge in [0.1, 0.15) is 24.4 Å². The predicted molar refractivity (Wildman–Crippen MR) is 115 cm³/mol. The van der Waals surface area contributed by atoms with Crippen LogP contribution in [0.4, 0.5) is 10.2 Å². The normalized spacial score (nSPS) is 15.5. The maximum Gasteiger partial charge on any atom is 0.237 e. The van der Waals surface area contributed by atoms with Crippen LogP contribution in [0.1, 0.15) is 37.7 Å². The fraction of sp³-hybridized carbons (Fsp3) is 0.333. The van der Waals surface area contributed by atoms with Gasteiger partial charge in [0.25, 0.3) is 0 Å². The Morgan fingerprint density at radius 3 is 2.77 bits per heavy atom. The molecule has 156 valence electrons. The van der Waals surface area contributed by atoms with Crippen LogP contribution in [-0.2, 0) is 11.3 Å². The first-order valence-corrected chi connectivity index (χ1v) is 10.6. The van der Waals surface area contributed by atoms with Gasteiger partial charge in [-0.2, -0.15) is 5.26 Å². The largest absolute Gasteiger partial charge is 0.367 e. The van der Waals surface area contributed by atoms with E-state index in [0.29, 0.717) is 17.2 Å². The van der Waals surface area contributed by atoms with Crippen molar-refractivity contribution < 1.29 is 9.18 Å². The molecule has 2 fully saturated rings. The molecule has 1 amide bonds. The number of nitrogens with zero attached hydrogens (tertiary/aromatic N) is 4. The number of anilines is 1. The van der Waals surface area contributed by atoms with Crippen LogP contribution >= 0.6 is 0 Å². The van der Waals surface area contributed by atoms with Crippen LogP contribution in [0.2, 0.25) is 0 Å². The van der Waals surface area contributed by atoms with Gasteiger partial charge in [-0.1, -0.05) is 24.3 Å². The molecular weight excluding hydrogens is 393 g/mol. The van der Waals surface area contributed by atoms with Gasteiger partial charge < -0.3 is 10.2 Å². The Hall–Kier alpha value is -3.53. The highest BCUT2D eigenvalue weighted by atomic mass is 19.1. The summed E-state index contributed by atoms with van der Waals surface area (Å²) in [6.07, 6.45) is 5.42. The lowest BCUT2D eigenvalue weighted by atomic mass is 10.00. The maximum atomic E-state index is 15.5. The number of nitriles is 1. The van der Waals surface area contributed by atoms with Gasteiger partial charge in [-0.05, 0) is 43.4 Å². The fourth-order valence-corrected chi connectivity index (χ4v) is 3.84. The van der Waals surface area contributed by atoms with Gasteiger partial charge in [0.05, 0.1) is 11.6 Å². The van der Waals surface area contributed by atoms with E-state index in [1.807, 2.05) is 30.3 Å². The van der Waals surface area contributed by atoms with Crippen molar-refractivity contribution in [1.29, 1.82) is 5.26 Å². The van der Waals surface area contributed by atoms with Crippen molar-refractivity contribution in [3.8, 4) is 17.2 Å². The summed E-state index contributed by atoms with van der Waals surface area (Å²) < 4.78 is 15.5. The summed E-state index contributed by atoms with van der Waals surface area (Å²) in [4.78, 5) is 22.7. The molecule has 2 saturated carbocycles. The average Bonchev–Trinajstić information content (AvgIpc) is 3.68. The first-order valence-electron chi connectivity index (χ1n) is 10.6. The summed E-state index contributed by atoms with van der Waals surface area (Å²) in [5.41, 5.74) is 2.47. The van der Waals surface area contributed by atoms with Crippen LogP contribution in [-0.4, -0.2) is 32.9 Å². The summed E-state index contributed by atoms with van der Waals surface area (Å²) >= 11 is 0. The van der Waals surface area contributed by atoms with E-state index in [0.717, 1.165) is 48.0 Å². The van der Waals surface area contributed by atoms with Gasteiger partial charge >= 0.3 is 0 Å². The molecule has 2 aliphatic rings. The zero-order valence-electron chi connectivity index (χ0n) is 17.0. The lowest BCUT2D eigenvalue weighted by Crippen LogP contribution is -2.32. The van der Waals surface area contributed by atoms with Crippen molar-refractivity contribution in [3.63, 3.8) is 0 Å². The number of carbonyl (C=O) groups excluding carboxylic acids is 1. The first-order chi connectivity index (χ1) is 15.1. The molecule has 0 aliphatic heterocycles. The molecule has 5 rings (SSSR count). The molecule has 7 heteroatoms. The van der Waals surface area contributed by atoms with E-state index in [1.54, 1.807) is 23.4 Å². The predicted octanol–water partition coefficient (Wildman–Crippen LogP) is 4.41. The highest BCUT2D eigenvalue weighted by Crippen LogP contribution is 2.34. The molecule has 2 aliphatic carbocycles. The molecule has 0 bridgehead atoms. The van der Waals surface area contributed by atoms with Crippen molar-refractivity contribution in [1.82, 2.24) is 14.9 Å². The second kappa shape index (κ2) is 7.95. The molecule has 0 atom stereocenters. The van der Waals surface area contributed by atoms with Gasteiger partial charge in [0, 0.05) is 35.1 Å². The van der Waals surface area contributed by atoms with E-state index < -0.39 is 0 Å². The summed E-state index contributed by atoms with van der Waals surface area (Å²) in [6.45, 7) is 0.177. The molecule has 0 unspecified atom stereocenters. The quantitative estimate of drug-likeness (QED) is 0.618. The first kappa shape index (κ1) is 19.4. The van der Waals surface area contributed by atoms with Gasteiger partial charge in [0.15, 0.2) is 0 Å². The van der Waals surface area contributed by atoms with E-state index in [2.05, 4.69) is 15.3 Å². The number of nitrogens with one attached hydrogen (secondary N) is 1. The number of halogens is 1. The SMILES string of the molecule is N#CCC(=O)N(Cc1cccc(-c2ccc3ncnc(NC4CC4)c3c2)c1F)C1CC1. The third-order valence-corrected chi connectivity index (χ3v) is 5.82. The van der Waals surface area contributed by atoms with Crippen LogP contribution in [0.3, 0.4) is 0 Å². The van der Waals surface area contributed by atoms with Crippen molar-refractivity contribution in [2.45, 2.75) is 50.7 Å². The van der Waals surface area contributed by atoms with E-state index in [1.165, 1.54) is 0 Å². The molecule has 0 spiro atoms. The summed E-state index contributed by atoms with van der Waals surface area (Å²) in [7, 11) is 0. The monoisotopic (exact) mass is 415 g/mol. The van der Waals surface area contributed by atoms with Crippen LogP contribution in [0.25, 0.3) is 22.0 Å². The molecule has 0 saturated heterocycles. The highest BCUT2D eigenvalue weighted by Gasteiger charge is 2.33. The lowest BCUT2D eigenvalue weighted by Gasteiger charge is -2.22. The minimum Gasteiger partial charge on any atom is -0.367 e. The van der Waals surface area contributed by atoms with Crippen molar-refractivity contribution >= 4 is 22.6 Å². The third kappa shape index (κ3) is 4.06. The molecule has 1 heterocycles. The number of fused-ring (bicyclic) bond motifs is 1. The molecule has 2 aromatic carbocycles. The molecule has 1 N–H and O–H groups in total. The van der Waals surface area contributed by atoms with Gasteiger partial charge in [-0.15, -0.1) is 0 Å².